The Balaban J connectivity index is 1.48. The van der Waals surface area contributed by atoms with Gasteiger partial charge in [-0.25, -0.2) is 15.0 Å². The smallest absolute Gasteiger partial charge is 0.323 e. The Labute approximate surface area is 210 Å². The Morgan fingerprint density at radius 1 is 1.14 bits per heavy atom. The van der Waals surface area contributed by atoms with E-state index in [0.29, 0.717) is 62.2 Å². The largest absolute Gasteiger partial charge is 0.490 e. The number of ether oxygens (including phenoxy) is 3. The Bertz CT molecular complexity index is 1210. The van der Waals surface area contributed by atoms with Crippen molar-refractivity contribution in [3.05, 3.63) is 36.5 Å². The third-order valence-corrected chi connectivity index (χ3v) is 6.54. The second-order valence-electron chi connectivity index (χ2n) is 9.24. The van der Waals surface area contributed by atoms with Gasteiger partial charge in [0.2, 0.25) is 0 Å². The number of piperidine rings is 1. The fourth-order valence-corrected chi connectivity index (χ4v) is 4.57. The molecule has 3 aromatic rings. The molecule has 10 heteroatoms. The van der Waals surface area contributed by atoms with Gasteiger partial charge in [-0.05, 0) is 38.4 Å². The van der Waals surface area contributed by atoms with Crippen LogP contribution in [0.4, 0.5) is 5.82 Å². The lowest BCUT2D eigenvalue weighted by molar-refractivity contribution is -0.151. The highest BCUT2D eigenvalue weighted by atomic mass is 16.5. The molecule has 1 N–H and O–H groups in total. The number of likely N-dealkylation sites (tertiary alicyclic amines) is 1. The van der Waals surface area contributed by atoms with Gasteiger partial charge in [-0.2, -0.15) is 0 Å². The first-order valence-electron chi connectivity index (χ1n) is 12.6. The molecule has 0 unspecified atom stereocenters. The van der Waals surface area contributed by atoms with E-state index in [0.717, 1.165) is 36.0 Å². The van der Waals surface area contributed by atoms with Crippen LogP contribution in [0.15, 0.2) is 30.7 Å². The number of nitrogens with zero attached hydrogens (tertiary/aromatic N) is 5. The highest BCUT2D eigenvalue weighted by Gasteiger charge is 2.32. The first-order chi connectivity index (χ1) is 17.6. The van der Waals surface area contributed by atoms with Gasteiger partial charge in [0.1, 0.15) is 24.0 Å². The number of hydrogen-bond acceptors (Lipinski definition) is 10. The molecule has 5 rings (SSSR count). The molecule has 4 heterocycles. The number of hydrogen-bond donors (Lipinski definition) is 1. The predicted molar refractivity (Wildman–Crippen MR) is 135 cm³/mol. The summed E-state index contributed by atoms with van der Waals surface area (Å²) in [5, 5.41) is 3.48. The molecule has 0 spiro atoms. The molecule has 2 atom stereocenters. The zero-order chi connectivity index (χ0) is 24.9. The molecule has 0 saturated carbocycles. The van der Waals surface area contributed by atoms with Crippen molar-refractivity contribution in [2.75, 3.05) is 38.7 Å². The maximum absolute atomic E-state index is 12.7. The second kappa shape index (κ2) is 11.1. The molecule has 4 bridgehead atoms. The van der Waals surface area contributed by atoms with E-state index in [4.69, 9.17) is 19.2 Å². The molecule has 1 aromatic carbocycles. The quantitative estimate of drug-likeness (QED) is 0.421. The summed E-state index contributed by atoms with van der Waals surface area (Å²) >= 11 is 0. The summed E-state index contributed by atoms with van der Waals surface area (Å²) in [6, 6.07) is 3.71. The Kier molecular flexibility index (Phi) is 7.52. The number of benzene rings is 1. The van der Waals surface area contributed by atoms with E-state index in [2.05, 4.69) is 32.1 Å². The van der Waals surface area contributed by atoms with Crippen LogP contribution in [-0.2, 0) is 20.9 Å². The number of aromatic nitrogens is 4. The highest BCUT2D eigenvalue weighted by Crippen LogP contribution is 2.36. The number of likely N-dealkylation sites (N-methyl/N-ethyl adjacent to an activating group) is 1. The molecule has 2 aliphatic heterocycles. The molecular formula is C26H32N6O4. The van der Waals surface area contributed by atoms with Crippen molar-refractivity contribution < 1.29 is 19.0 Å². The summed E-state index contributed by atoms with van der Waals surface area (Å²) in [7, 11) is 1.96. The average Bonchev–Trinajstić information content (AvgIpc) is 2.89. The third-order valence-electron chi connectivity index (χ3n) is 6.54. The number of fused-ring (bicyclic) bond motifs is 3. The van der Waals surface area contributed by atoms with Gasteiger partial charge in [0.15, 0.2) is 11.6 Å². The van der Waals surface area contributed by atoms with Gasteiger partial charge in [0, 0.05) is 49.1 Å². The predicted octanol–water partition coefficient (Wildman–Crippen LogP) is 3.21. The number of cyclic esters (lactones) is 1. The number of nitrogens with one attached hydrogen (secondary N) is 1. The van der Waals surface area contributed by atoms with E-state index < -0.39 is 0 Å². The Morgan fingerprint density at radius 3 is 2.81 bits per heavy atom. The topological polar surface area (TPSA) is 112 Å². The van der Waals surface area contributed by atoms with Gasteiger partial charge in [-0.15, -0.1) is 0 Å². The van der Waals surface area contributed by atoms with Crippen LogP contribution < -0.4 is 10.1 Å². The van der Waals surface area contributed by atoms with Gasteiger partial charge in [-0.3, -0.25) is 14.7 Å². The van der Waals surface area contributed by atoms with Crippen molar-refractivity contribution in [3.8, 4) is 16.9 Å². The minimum Gasteiger partial charge on any atom is -0.490 e. The van der Waals surface area contributed by atoms with Crippen LogP contribution in [0.5, 0.6) is 5.75 Å². The molecule has 0 radical (unpaired) electrons. The van der Waals surface area contributed by atoms with Crippen LogP contribution in [0.1, 0.15) is 38.4 Å². The maximum atomic E-state index is 12.7. The summed E-state index contributed by atoms with van der Waals surface area (Å²) in [6.07, 6.45) is 8.36. The van der Waals surface area contributed by atoms with E-state index >= 15 is 0 Å². The van der Waals surface area contributed by atoms with Crippen LogP contribution in [0.3, 0.4) is 0 Å². The second-order valence-corrected chi connectivity index (χ2v) is 9.24. The van der Waals surface area contributed by atoms with Crippen molar-refractivity contribution in [1.82, 2.24) is 24.8 Å². The third kappa shape index (κ3) is 5.39. The van der Waals surface area contributed by atoms with Gasteiger partial charge < -0.3 is 19.5 Å². The molecular weight excluding hydrogens is 460 g/mol. The first kappa shape index (κ1) is 24.3. The fourth-order valence-electron chi connectivity index (χ4n) is 4.57. The van der Waals surface area contributed by atoms with Crippen LogP contribution in [-0.4, -0.2) is 76.3 Å². The van der Waals surface area contributed by atoms with Gasteiger partial charge in [0.05, 0.1) is 24.9 Å². The van der Waals surface area contributed by atoms with E-state index in [1.165, 1.54) is 0 Å². The highest BCUT2D eigenvalue weighted by molar-refractivity contribution is 5.90. The van der Waals surface area contributed by atoms with E-state index in [-0.39, 0.29) is 18.1 Å². The lowest BCUT2D eigenvalue weighted by Gasteiger charge is -2.36. The number of carbonyl (C=O) groups excluding carboxylic acids is 1. The number of carbonyl (C=O) groups is 1. The van der Waals surface area contributed by atoms with Crippen LogP contribution in [0.2, 0.25) is 0 Å². The number of anilines is 1. The van der Waals surface area contributed by atoms with Crippen molar-refractivity contribution >= 4 is 22.8 Å². The van der Waals surface area contributed by atoms with Crippen LogP contribution >= 0.6 is 0 Å². The summed E-state index contributed by atoms with van der Waals surface area (Å²) in [6.45, 7) is 4.59. The van der Waals surface area contributed by atoms with Crippen molar-refractivity contribution in [3.63, 3.8) is 0 Å². The average molecular weight is 493 g/mol. The number of rotatable bonds is 5. The molecule has 0 amide bonds. The van der Waals surface area contributed by atoms with Crippen LogP contribution in [0, 0.1) is 0 Å². The van der Waals surface area contributed by atoms with Gasteiger partial charge >= 0.3 is 5.97 Å². The molecule has 1 fully saturated rings. The van der Waals surface area contributed by atoms with Crippen molar-refractivity contribution in [2.24, 2.45) is 0 Å². The first-order valence-corrected chi connectivity index (χ1v) is 12.6. The van der Waals surface area contributed by atoms with E-state index in [1.807, 2.05) is 19.2 Å². The Morgan fingerprint density at radius 2 is 1.97 bits per heavy atom. The van der Waals surface area contributed by atoms with Crippen molar-refractivity contribution in [1.29, 1.82) is 0 Å². The standard InChI is InChI=1S/C26H32N6O4/c1-3-9-34-16-23-28-13-17(14-29-23)19-5-6-20-24-25(19)35-10-4-11-36-26(33)21-12-18(7-8-32(21)2)30-22(31-24)15-27-20/h5-6,13-15,18,21H,3-4,7-12,16H2,1-2H3,(H,30,31)/t18-,21-/m0/s1. The zero-order valence-corrected chi connectivity index (χ0v) is 20.8. The molecule has 0 aliphatic carbocycles. The number of esters is 1. The van der Waals surface area contributed by atoms with Gasteiger partial charge in [-0.1, -0.05) is 6.92 Å². The van der Waals surface area contributed by atoms with Crippen LogP contribution in [0.25, 0.3) is 22.2 Å². The SMILES string of the molecule is CCCOCc1ncc(-c2ccc3ncc4nc3c2OCCCOC(=O)[C@@H]2C[C@H](CCN2C)N4)cn1. The summed E-state index contributed by atoms with van der Waals surface area (Å²) in [4.78, 5) is 33.2. The monoisotopic (exact) mass is 492 g/mol. The normalized spacial score (nSPS) is 20.9. The molecule has 10 nitrogen and oxygen atoms in total. The molecule has 2 aliphatic rings. The summed E-state index contributed by atoms with van der Waals surface area (Å²) < 4.78 is 17.4. The minimum absolute atomic E-state index is 0.0943. The summed E-state index contributed by atoms with van der Waals surface area (Å²) in [5.74, 6) is 1.72. The molecule has 1 saturated heterocycles. The zero-order valence-electron chi connectivity index (χ0n) is 20.8. The van der Waals surface area contributed by atoms with Gasteiger partial charge in [0.25, 0.3) is 0 Å². The molecule has 36 heavy (non-hydrogen) atoms. The molecule has 190 valence electrons. The van der Waals surface area contributed by atoms with E-state index in [9.17, 15) is 4.79 Å². The van der Waals surface area contributed by atoms with E-state index in [1.54, 1.807) is 18.6 Å². The lowest BCUT2D eigenvalue weighted by Crippen LogP contribution is -2.49. The van der Waals surface area contributed by atoms with Crippen molar-refractivity contribution in [2.45, 2.75) is 51.3 Å². The minimum atomic E-state index is -0.272. The summed E-state index contributed by atoms with van der Waals surface area (Å²) in [5.41, 5.74) is 3.06. The maximum Gasteiger partial charge on any atom is 0.323 e. The molecule has 2 aromatic heterocycles. The Hall–Kier alpha value is -3.37. The fraction of sp³-hybridized carbons (Fsp3) is 0.500. The lowest BCUT2D eigenvalue weighted by atomic mass is 9.97.